The van der Waals surface area contributed by atoms with Gasteiger partial charge in [-0.05, 0) is 55.7 Å². The van der Waals surface area contributed by atoms with Gasteiger partial charge in [-0.1, -0.05) is 19.1 Å². The predicted octanol–water partition coefficient (Wildman–Crippen LogP) is 4.79. The highest BCUT2D eigenvalue weighted by atomic mass is 16.5. The van der Waals surface area contributed by atoms with Gasteiger partial charge in [-0.25, -0.2) is 4.68 Å². The number of aromatic nitrogens is 4. The fourth-order valence-electron chi connectivity index (χ4n) is 3.67. The largest absolute Gasteiger partial charge is 0.497 e. The van der Waals surface area contributed by atoms with Gasteiger partial charge in [-0.2, -0.15) is 10.2 Å². The molecule has 1 saturated carbocycles. The molecule has 0 radical (unpaired) electrons. The second-order valence-electron chi connectivity index (χ2n) is 7.03. The molecule has 136 valence electrons. The molecule has 5 rings (SSSR count). The van der Waals surface area contributed by atoms with Crippen LogP contribution in [0.4, 0.5) is 0 Å². The van der Waals surface area contributed by atoms with Crippen molar-refractivity contribution in [3.63, 3.8) is 0 Å². The van der Waals surface area contributed by atoms with Crippen LogP contribution in [0.5, 0.6) is 5.75 Å². The van der Waals surface area contributed by atoms with Crippen LogP contribution in [0.25, 0.3) is 27.8 Å². The van der Waals surface area contributed by atoms with Crippen LogP contribution in [0.1, 0.15) is 31.5 Å². The molecule has 1 fully saturated rings. The number of fused-ring (bicyclic) bond motifs is 1. The van der Waals surface area contributed by atoms with Crippen LogP contribution in [-0.2, 0) is 6.42 Å². The van der Waals surface area contributed by atoms with E-state index in [0.29, 0.717) is 6.04 Å². The van der Waals surface area contributed by atoms with Gasteiger partial charge in [0.2, 0.25) is 0 Å². The maximum atomic E-state index is 5.26. The van der Waals surface area contributed by atoms with E-state index in [1.165, 1.54) is 29.4 Å². The molecular formula is C22H22N4O. The first-order valence-electron chi connectivity index (χ1n) is 9.48. The number of hydrogen-bond donors (Lipinski definition) is 0. The van der Waals surface area contributed by atoms with Crippen LogP contribution in [0.2, 0.25) is 0 Å². The zero-order chi connectivity index (χ0) is 18.4. The SMILES string of the molecule is CCc1nn(C2CC2)c2cc(-c3ccnn3-c3ccc(OC)cc3)ccc12. The third-order valence-electron chi connectivity index (χ3n) is 5.27. The number of hydrogen-bond acceptors (Lipinski definition) is 3. The van der Waals surface area contributed by atoms with E-state index in [1.807, 2.05) is 35.1 Å². The molecule has 0 saturated heterocycles. The minimum atomic E-state index is 0.564. The van der Waals surface area contributed by atoms with Crippen molar-refractivity contribution >= 4 is 10.9 Å². The maximum Gasteiger partial charge on any atom is 0.119 e. The molecule has 0 unspecified atom stereocenters. The van der Waals surface area contributed by atoms with Gasteiger partial charge >= 0.3 is 0 Å². The fourth-order valence-corrected chi connectivity index (χ4v) is 3.67. The molecule has 0 aliphatic heterocycles. The Morgan fingerprint density at radius 3 is 2.59 bits per heavy atom. The molecule has 1 aliphatic carbocycles. The van der Waals surface area contributed by atoms with Crippen molar-refractivity contribution in [2.75, 3.05) is 7.11 Å². The van der Waals surface area contributed by atoms with E-state index in [1.54, 1.807) is 7.11 Å². The summed E-state index contributed by atoms with van der Waals surface area (Å²) in [5, 5.41) is 10.7. The van der Waals surface area contributed by atoms with E-state index in [-0.39, 0.29) is 0 Å². The van der Waals surface area contributed by atoms with Crippen molar-refractivity contribution in [2.45, 2.75) is 32.2 Å². The van der Waals surface area contributed by atoms with Crippen molar-refractivity contribution in [1.82, 2.24) is 19.6 Å². The minimum Gasteiger partial charge on any atom is -0.497 e. The molecular weight excluding hydrogens is 336 g/mol. The maximum absolute atomic E-state index is 5.26. The topological polar surface area (TPSA) is 44.9 Å². The lowest BCUT2D eigenvalue weighted by Gasteiger charge is -2.09. The van der Waals surface area contributed by atoms with E-state index in [0.717, 1.165) is 29.1 Å². The van der Waals surface area contributed by atoms with Gasteiger partial charge in [0.05, 0.1) is 41.9 Å². The standard InChI is InChI=1S/C22H22N4O/c1-3-20-19-11-4-15(14-22(19)26(24-20)17-5-6-17)21-12-13-23-25(21)16-7-9-18(27-2)10-8-16/h4,7-14,17H,3,5-6H2,1-2H3. The highest BCUT2D eigenvalue weighted by Gasteiger charge is 2.27. The Morgan fingerprint density at radius 2 is 1.89 bits per heavy atom. The quantitative estimate of drug-likeness (QED) is 0.515. The first kappa shape index (κ1) is 16.1. The Bertz CT molecular complexity index is 1100. The number of benzene rings is 2. The molecule has 5 nitrogen and oxygen atoms in total. The van der Waals surface area contributed by atoms with Crippen LogP contribution in [0, 0.1) is 0 Å². The monoisotopic (exact) mass is 358 g/mol. The van der Waals surface area contributed by atoms with Gasteiger partial charge in [0.15, 0.2) is 0 Å². The van der Waals surface area contributed by atoms with Crippen LogP contribution in [0.15, 0.2) is 54.7 Å². The summed E-state index contributed by atoms with van der Waals surface area (Å²) in [5.74, 6) is 0.842. The molecule has 2 aromatic heterocycles. The summed E-state index contributed by atoms with van der Waals surface area (Å²) in [7, 11) is 1.68. The summed E-state index contributed by atoms with van der Waals surface area (Å²) in [6.07, 6.45) is 5.26. The van der Waals surface area contributed by atoms with Crippen molar-refractivity contribution in [3.8, 4) is 22.7 Å². The number of nitrogens with zero attached hydrogens (tertiary/aromatic N) is 4. The second-order valence-corrected chi connectivity index (χ2v) is 7.03. The van der Waals surface area contributed by atoms with E-state index in [2.05, 4.69) is 41.0 Å². The number of methoxy groups -OCH3 is 1. The van der Waals surface area contributed by atoms with Crippen molar-refractivity contribution in [2.24, 2.45) is 0 Å². The van der Waals surface area contributed by atoms with E-state index >= 15 is 0 Å². The van der Waals surface area contributed by atoms with Crippen molar-refractivity contribution in [3.05, 3.63) is 60.4 Å². The molecule has 0 spiro atoms. The summed E-state index contributed by atoms with van der Waals surface area (Å²) in [5.41, 5.74) is 5.66. The molecule has 0 amide bonds. The average molecular weight is 358 g/mol. The first-order valence-corrected chi connectivity index (χ1v) is 9.48. The van der Waals surface area contributed by atoms with E-state index in [4.69, 9.17) is 9.84 Å². The summed E-state index contributed by atoms with van der Waals surface area (Å²) in [6, 6.07) is 17.2. The molecule has 0 atom stereocenters. The third kappa shape index (κ3) is 2.70. The molecule has 2 heterocycles. The third-order valence-corrected chi connectivity index (χ3v) is 5.27. The number of ether oxygens (including phenoxy) is 1. The Kier molecular flexibility index (Phi) is 3.74. The highest BCUT2D eigenvalue weighted by Crippen LogP contribution is 2.38. The van der Waals surface area contributed by atoms with Gasteiger partial charge < -0.3 is 4.74 Å². The second kappa shape index (κ2) is 6.27. The van der Waals surface area contributed by atoms with Crippen LogP contribution in [0.3, 0.4) is 0 Å². The fraction of sp³-hybridized carbons (Fsp3) is 0.273. The molecule has 0 N–H and O–H groups in total. The van der Waals surface area contributed by atoms with Gasteiger partial charge in [0.25, 0.3) is 0 Å². The van der Waals surface area contributed by atoms with Gasteiger partial charge in [0, 0.05) is 10.9 Å². The molecule has 27 heavy (non-hydrogen) atoms. The molecule has 2 aromatic carbocycles. The van der Waals surface area contributed by atoms with Gasteiger partial charge in [-0.15, -0.1) is 0 Å². The molecule has 1 aliphatic rings. The lowest BCUT2D eigenvalue weighted by Crippen LogP contribution is -1.99. The Morgan fingerprint density at radius 1 is 1.07 bits per heavy atom. The Hall–Kier alpha value is -3.08. The molecule has 0 bridgehead atoms. The van der Waals surface area contributed by atoms with Gasteiger partial charge in [-0.3, -0.25) is 4.68 Å². The molecule has 5 heteroatoms. The van der Waals surface area contributed by atoms with E-state index < -0.39 is 0 Å². The van der Waals surface area contributed by atoms with Crippen molar-refractivity contribution in [1.29, 1.82) is 0 Å². The van der Waals surface area contributed by atoms with E-state index in [9.17, 15) is 0 Å². The van der Waals surface area contributed by atoms with Crippen LogP contribution >= 0.6 is 0 Å². The number of aryl methyl sites for hydroxylation is 1. The van der Waals surface area contributed by atoms with Crippen LogP contribution in [-0.4, -0.2) is 26.7 Å². The normalized spacial score (nSPS) is 14.0. The van der Waals surface area contributed by atoms with Crippen molar-refractivity contribution < 1.29 is 4.74 Å². The van der Waals surface area contributed by atoms with Crippen LogP contribution < -0.4 is 4.74 Å². The van der Waals surface area contributed by atoms with Gasteiger partial charge in [0.1, 0.15) is 5.75 Å². The average Bonchev–Trinajstić information content (AvgIpc) is 3.32. The smallest absolute Gasteiger partial charge is 0.119 e. The summed E-state index contributed by atoms with van der Waals surface area (Å²) < 4.78 is 9.46. The molecule has 4 aromatic rings. The number of rotatable bonds is 5. The lowest BCUT2D eigenvalue weighted by molar-refractivity contribution is 0.414. The minimum absolute atomic E-state index is 0.564. The zero-order valence-electron chi connectivity index (χ0n) is 15.6. The lowest BCUT2D eigenvalue weighted by atomic mass is 10.1. The Balaban J connectivity index is 1.62. The summed E-state index contributed by atoms with van der Waals surface area (Å²) >= 11 is 0. The summed E-state index contributed by atoms with van der Waals surface area (Å²) in [6.45, 7) is 2.17. The first-order chi connectivity index (χ1) is 13.3. The zero-order valence-corrected chi connectivity index (χ0v) is 15.6. The predicted molar refractivity (Wildman–Crippen MR) is 106 cm³/mol. The summed E-state index contributed by atoms with van der Waals surface area (Å²) in [4.78, 5) is 0. The highest BCUT2D eigenvalue weighted by molar-refractivity contribution is 5.86. The Labute approximate surface area is 158 Å².